The lowest BCUT2D eigenvalue weighted by atomic mass is 10.4. The van der Waals surface area contributed by atoms with Crippen molar-refractivity contribution in [1.82, 2.24) is 19.5 Å². The first-order valence-electron chi connectivity index (χ1n) is 6.88. The molecular formula is C14H17N5O2. The van der Waals surface area contributed by atoms with Gasteiger partial charge in [0, 0.05) is 13.2 Å². The second-order valence-corrected chi connectivity index (χ2v) is 4.46. The number of ether oxygens (including phenoxy) is 1. The van der Waals surface area contributed by atoms with Crippen molar-refractivity contribution in [3.8, 4) is 0 Å². The molecule has 3 aromatic rings. The van der Waals surface area contributed by atoms with Gasteiger partial charge in [0.05, 0.1) is 25.7 Å². The van der Waals surface area contributed by atoms with Gasteiger partial charge in [-0.05, 0) is 19.1 Å². The van der Waals surface area contributed by atoms with E-state index in [9.17, 15) is 0 Å². The summed E-state index contributed by atoms with van der Waals surface area (Å²) in [7, 11) is 0. The Balaban J connectivity index is 1.76. The Morgan fingerprint density at radius 2 is 2.29 bits per heavy atom. The van der Waals surface area contributed by atoms with Crippen molar-refractivity contribution in [3.63, 3.8) is 0 Å². The molecule has 0 aliphatic carbocycles. The minimum absolute atomic E-state index is 0.560. The van der Waals surface area contributed by atoms with Crippen LogP contribution in [0.2, 0.25) is 0 Å². The predicted octanol–water partition coefficient (Wildman–Crippen LogP) is 2.07. The predicted molar refractivity (Wildman–Crippen MR) is 77.9 cm³/mol. The number of aromatic nitrogens is 4. The summed E-state index contributed by atoms with van der Waals surface area (Å²) < 4.78 is 12.6. The van der Waals surface area contributed by atoms with Crippen molar-refractivity contribution in [2.75, 3.05) is 18.5 Å². The molecule has 1 N–H and O–H groups in total. The number of rotatable bonds is 7. The fraction of sp³-hybridized carbons (Fsp3) is 0.357. The molecule has 0 fully saturated rings. The highest BCUT2D eigenvalue weighted by Crippen LogP contribution is 2.18. The molecule has 3 aromatic heterocycles. The zero-order valence-electron chi connectivity index (χ0n) is 11.8. The fourth-order valence-electron chi connectivity index (χ4n) is 2.06. The van der Waals surface area contributed by atoms with Crippen molar-refractivity contribution < 1.29 is 9.15 Å². The molecule has 0 unspecified atom stereocenters. The van der Waals surface area contributed by atoms with E-state index in [0.29, 0.717) is 25.6 Å². The maximum atomic E-state index is 5.36. The van der Waals surface area contributed by atoms with Crippen molar-refractivity contribution in [2.24, 2.45) is 0 Å². The lowest BCUT2D eigenvalue weighted by molar-refractivity contribution is 0.139. The van der Waals surface area contributed by atoms with Crippen molar-refractivity contribution in [1.29, 1.82) is 0 Å². The van der Waals surface area contributed by atoms with Crippen LogP contribution in [0.25, 0.3) is 11.2 Å². The molecule has 21 heavy (non-hydrogen) atoms. The summed E-state index contributed by atoms with van der Waals surface area (Å²) in [5.74, 6) is 1.55. The molecular weight excluding hydrogens is 270 g/mol. The van der Waals surface area contributed by atoms with Crippen LogP contribution >= 0.6 is 0 Å². The van der Waals surface area contributed by atoms with E-state index >= 15 is 0 Å². The highest BCUT2D eigenvalue weighted by atomic mass is 16.5. The largest absolute Gasteiger partial charge is 0.467 e. The smallest absolute Gasteiger partial charge is 0.165 e. The molecule has 0 aliphatic rings. The van der Waals surface area contributed by atoms with Gasteiger partial charge >= 0.3 is 0 Å². The molecule has 0 amide bonds. The van der Waals surface area contributed by atoms with Gasteiger partial charge < -0.3 is 19.0 Å². The first kappa shape index (κ1) is 13.6. The maximum absolute atomic E-state index is 5.36. The van der Waals surface area contributed by atoms with Gasteiger partial charge in [-0.3, -0.25) is 0 Å². The average molecular weight is 287 g/mol. The van der Waals surface area contributed by atoms with Gasteiger partial charge in [0.1, 0.15) is 17.6 Å². The summed E-state index contributed by atoms with van der Waals surface area (Å²) in [6, 6.07) is 3.76. The quantitative estimate of drug-likeness (QED) is 0.670. The molecule has 7 nitrogen and oxygen atoms in total. The molecule has 0 saturated carbocycles. The summed E-state index contributed by atoms with van der Waals surface area (Å²) in [6.45, 7) is 4.60. The molecule has 7 heteroatoms. The summed E-state index contributed by atoms with van der Waals surface area (Å²) in [4.78, 5) is 12.9. The van der Waals surface area contributed by atoms with Gasteiger partial charge in [-0.15, -0.1) is 0 Å². The van der Waals surface area contributed by atoms with Gasteiger partial charge in [0.2, 0.25) is 0 Å². The monoisotopic (exact) mass is 287 g/mol. The minimum Gasteiger partial charge on any atom is -0.467 e. The van der Waals surface area contributed by atoms with E-state index in [4.69, 9.17) is 9.15 Å². The molecule has 0 atom stereocenters. The Labute approximate surface area is 122 Å². The van der Waals surface area contributed by atoms with Crippen LogP contribution < -0.4 is 5.32 Å². The van der Waals surface area contributed by atoms with Crippen LogP contribution in [0.4, 0.5) is 5.82 Å². The first-order valence-corrected chi connectivity index (χ1v) is 6.88. The molecule has 3 heterocycles. The van der Waals surface area contributed by atoms with Gasteiger partial charge in [-0.25, -0.2) is 15.0 Å². The van der Waals surface area contributed by atoms with Gasteiger partial charge in [-0.1, -0.05) is 0 Å². The van der Waals surface area contributed by atoms with Crippen molar-refractivity contribution in [3.05, 3.63) is 36.8 Å². The highest BCUT2D eigenvalue weighted by Gasteiger charge is 2.10. The summed E-state index contributed by atoms with van der Waals surface area (Å²) >= 11 is 0. The van der Waals surface area contributed by atoms with E-state index in [1.807, 2.05) is 23.6 Å². The average Bonchev–Trinajstić information content (AvgIpc) is 3.15. The second-order valence-electron chi connectivity index (χ2n) is 4.46. The summed E-state index contributed by atoms with van der Waals surface area (Å²) in [6.07, 6.45) is 4.94. The van der Waals surface area contributed by atoms with Crippen LogP contribution in [-0.2, 0) is 17.8 Å². The van der Waals surface area contributed by atoms with E-state index in [1.165, 1.54) is 6.33 Å². The molecule has 0 aromatic carbocycles. The maximum Gasteiger partial charge on any atom is 0.165 e. The summed E-state index contributed by atoms with van der Waals surface area (Å²) in [5, 5.41) is 3.22. The fourth-order valence-corrected chi connectivity index (χ4v) is 2.06. The topological polar surface area (TPSA) is 78.0 Å². The molecule has 0 radical (unpaired) electrons. The van der Waals surface area contributed by atoms with Gasteiger partial charge in [0.15, 0.2) is 11.5 Å². The van der Waals surface area contributed by atoms with E-state index < -0.39 is 0 Å². The van der Waals surface area contributed by atoms with Crippen LogP contribution in [0.15, 0.2) is 35.5 Å². The second kappa shape index (κ2) is 6.36. The Morgan fingerprint density at radius 1 is 1.33 bits per heavy atom. The molecule has 0 spiro atoms. The van der Waals surface area contributed by atoms with Gasteiger partial charge in [-0.2, -0.15) is 0 Å². The zero-order valence-corrected chi connectivity index (χ0v) is 11.8. The SMILES string of the molecule is CCOCCn1cnc2c(NCc3ccco3)ncnc21. The lowest BCUT2D eigenvalue weighted by Crippen LogP contribution is -2.06. The number of nitrogens with zero attached hydrogens (tertiary/aromatic N) is 4. The van der Waals surface area contributed by atoms with Gasteiger partial charge in [0.25, 0.3) is 0 Å². The van der Waals surface area contributed by atoms with E-state index in [1.54, 1.807) is 12.6 Å². The van der Waals surface area contributed by atoms with Crippen LogP contribution in [-0.4, -0.2) is 32.7 Å². The van der Waals surface area contributed by atoms with Crippen molar-refractivity contribution >= 4 is 17.0 Å². The van der Waals surface area contributed by atoms with E-state index in [0.717, 1.165) is 23.5 Å². The third-order valence-electron chi connectivity index (χ3n) is 3.09. The first-order chi connectivity index (χ1) is 10.4. The zero-order chi connectivity index (χ0) is 14.5. The normalized spacial score (nSPS) is 11.1. The third-order valence-corrected chi connectivity index (χ3v) is 3.09. The minimum atomic E-state index is 0.560. The number of nitrogens with one attached hydrogen (secondary N) is 1. The number of fused-ring (bicyclic) bond motifs is 1. The molecule has 0 aliphatic heterocycles. The Morgan fingerprint density at radius 3 is 3.10 bits per heavy atom. The molecule has 0 saturated heterocycles. The lowest BCUT2D eigenvalue weighted by Gasteiger charge is -2.05. The number of imidazole rings is 1. The Hall–Kier alpha value is -2.41. The molecule has 110 valence electrons. The molecule has 3 rings (SSSR count). The number of anilines is 1. The van der Waals surface area contributed by atoms with Crippen LogP contribution in [0.5, 0.6) is 0 Å². The van der Waals surface area contributed by atoms with Crippen LogP contribution in [0, 0.1) is 0 Å². The third kappa shape index (κ3) is 3.03. The van der Waals surface area contributed by atoms with Crippen LogP contribution in [0.1, 0.15) is 12.7 Å². The standard InChI is InChI=1S/C14H17N5O2/c1-2-20-7-5-19-10-18-12-13(16-9-17-14(12)19)15-8-11-4-3-6-21-11/h3-4,6,9-10H,2,5,7-8H2,1H3,(H,15,16,17). The number of hydrogen-bond donors (Lipinski definition) is 1. The Kier molecular flexibility index (Phi) is 4.11. The summed E-state index contributed by atoms with van der Waals surface area (Å²) in [5.41, 5.74) is 1.55. The number of furan rings is 1. The van der Waals surface area contributed by atoms with E-state index in [2.05, 4.69) is 20.3 Å². The number of hydrogen-bond acceptors (Lipinski definition) is 6. The van der Waals surface area contributed by atoms with E-state index in [-0.39, 0.29) is 0 Å². The highest BCUT2D eigenvalue weighted by molar-refractivity contribution is 5.82. The van der Waals surface area contributed by atoms with Crippen LogP contribution in [0.3, 0.4) is 0 Å². The Bertz CT molecular complexity index is 693. The van der Waals surface area contributed by atoms with Crippen molar-refractivity contribution in [2.45, 2.75) is 20.0 Å². The molecule has 0 bridgehead atoms.